The third kappa shape index (κ3) is 4.58. The number of nitrogens with zero attached hydrogens (tertiary/aromatic N) is 5. The summed E-state index contributed by atoms with van der Waals surface area (Å²) in [5.74, 6) is -0.828. The van der Waals surface area contributed by atoms with Gasteiger partial charge in [0.15, 0.2) is 10.8 Å². The maximum absolute atomic E-state index is 13.0. The first-order valence-electron chi connectivity index (χ1n) is 8.77. The highest BCUT2D eigenvalue weighted by Crippen LogP contribution is 2.26. The number of benzene rings is 1. The number of hydrogen-bond donors (Lipinski definition) is 1. The minimum atomic E-state index is -0.655. The predicted molar refractivity (Wildman–Crippen MR) is 103 cm³/mol. The number of thiazole rings is 1. The molecule has 28 heavy (non-hydrogen) atoms. The van der Waals surface area contributed by atoms with E-state index in [1.54, 1.807) is 0 Å². The molecule has 0 saturated carbocycles. The molecule has 0 aliphatic rings. The number of carbonyl (C=O) groups is 2. The molecule has 0 radical (unpaired) electrons. The Morgan fingerprint density at radius 1 is 1.29 bits per heavy atom. The maximum Gasteiger partial charge on any atom is 0.357 e. The van der Waals surface area contributed by atoms with Crippen LogP contribution in [-0.2, 0) is 22.4 Å². The van der Waals surface area contributed by atoms with Crippen LogP contribution in [0.2, 0.25) is 0 Å². The summed E-state index contributed by atoms with van der Waals surface area (Å²) in [6, 6.07) is 8.94. The Bertz CT molecular complexity index is 926. The van der Waals surface area contributed by atoms with Gasteiger partial charge in [-0.25, -0.2) is 14.5 Å². The first-order valence-corrected chi connectivity index (χ1v) is 9.59. The van der Waals surface area contributed by atoms with Crippen LogP contribution < -0.4 is 5.32 Å². The van der Waals surface area contributed by atoms with Gasteiger partial charge in [0.05, 0.1) is 7.11 Å². The van der Waals surface area contributed by atoms with Gasteiger partial charge in [0, 0.05) is 11.3 Å². The maximum atomic E-state index is 13.0. The molecular formula is C18H20N6O3S. The fourth-order valence-corrected chi connectivity index (χ4v) is 3.76. The number of hydrogen-bond acceptors (Lipinski definition) is 8. The fraction of sp³-hybridized carbons (Fsp3) is 0.333. The van der Waals surface area contributed by atoms with Crippen LogP contribution in [0.25, 0.3) is 0 Å². The standard InChI is InChI=1S/C18H20N6O3S/c1-3-7-14-15(17(26)27-2)20-18(28-14)21-16(25)13(24-11-19-22-23-24)10-12-8-5-4-6-9-12/h4-6,8-9,11,13H,3,7,10H2,1-2H3,(H,20,21,25)/t13-/m0/s1. The summed E-state index contributed by atoms with van der Waals surface area (Å²) < 4.78 is 6.20. The number of aryl methyl sites for hydroxylation is 1. The Kier molecular flexibility index (Phi) is 6.43. The van der Waals surface area contributed by atoms with Crippen molar-refractivity contribution >= 4 is 28.3 Å². The summed E-state index contributed by atoms with van der Waals surface area (Å²) in [6.45, 7) is 2.01. The van der Waals surface area contributed by atoms with E-state index in [-0.39, 0.29) is 11.6 Å². The van der Waals surface area contributed by atoms with Gasteiger partial charge in [-0.05, 0) is 22.4 Å². The molecule has 3 aromatic rings. The molecule has 1 atom stereocenters. The van der Waals surface area contributed by atoms with Crippen LogP contribution in [0.15, 0.2) is 36.7 Å². The highest BCUT2D eigenvalue weighted by Gasteiger charge is 2.25. The van der Waals surface area contributed by atoms with E-state index in [2.05, 4.69) is 25.8 Å². The monoisotopic (exact) mass is 400 g/mol. The molecule has 1 aromatic carbocycles. The molecule has 1 amide bonds. The molecule has 0 spiro atoms. The number of ether oxygens (including phenoxy) is 1. The van der Waals surface area contributed by atoms with Gasteiger partial charge in [0.1, 0.15) is 12.4 Å². The molecule has 2 heterocycles. The number of esters is 1. The summed E-state index contributed by atoms with van der Waals surface area (Å²) >= 11 is 1.27. The van der Waals surface area contributed by atoms with Crippen molar-refractivity contribution in [2.45, 2.75) is 32.2 Å². The van der Waals surface area contributed by atoms with Crippen molar-refractivity contribution in [1.82, 2.24) is 25.2 Å². The molecule has 1 N–H and O–H groups in total. The molecule has 3 rings (SSSR count). The zero-order valence-corrected chi connectivity index (χ0v) is 16.3. The fourth-order valence-electron chi connectivity index (χ4n) is 2.70. The minimum Gasteiger partial charge on any atom is -0.464 e. The van der Waals surface area contributed by atoms with E-state index in [9.17, 15) is 9.59 Å². The minimum absolute atomic E-state index is 0.242. The molecule has 9 nitrogen and oxygen atoms in total. The Morgan fingerprint density at radius 3 is 2.71 bits per heavy atom. The van der Waals surface area contributed by atoms with Crippen LogP contribution in [0.5, 0.6) is 0 Å². The van der Waals surface area contributed by atoms with Gasteiger partial charge < -0.3 is 10.1 Å². The number of tetrazole rings is 1. The lowest BCUT2D eigenvalue weighted by molar-refractivity contribution is -0.119. The average molecular weight is 400 g/mol. The van der Waals surface area contributed by atoms with Crippen LogP contribution in [-0.4, -0.2) is 44.2 Å². The first-order chi connectivity index (χ1) is 13.6. The topological polar surface area (TPSA) is 112 Å². The first kappa shape index (κ1) is 19.6. The lowest BCUT2D eigenvalue weighted by Gasteiger charge is -2.15. The lowest BCUT2D eigenvalue weighted by Crippen LogP contribution is -2.28. The average Bonchev–Trinajstić information content (AvgIpc) is 3.37. The number of aromatic nitrogens is 5. The molecule has 0 unspecified atom stereocenters. The van der Waals surface area contributed by atoms with Crippen molar-refractivity contribution in [1.29, 1.82) is 0 Å². The van der Waals surface area contributed by atoms with E-state index in [0.717, 1.165) is 16.9 Å². The third-order valence-corrected chi connectivity index (χ3v) is 5.07. The summed E-state index contributed by atoms with van der Waals surface area (Å²) in [5.41, 5.74) is 1.21. The molecule has 10 heteroatoms. The Balaban J connectivity index is 1.83. The van der Waals surface area contributed by atoms with Gasteiger partial charge in [-0.15, -0.1) is 16.4 Å². The Morgan fingerprint density at radius 2 is 2.07 bits per heavy atom. The van der Waals surface area contributed by atoms with Gasteiger partial charge in [0.2, 0.25) is 0 Å². The van der Waals surface area contributed by atoms with E-state index < -0.39 is 12.0 Å². The van der Waals surface area contributed by atoms with Gasteiger partial charge in [0.25, 0.3) is 5.91 Å². The summed E-state index contributed by atoms with van der Waals surface area (Å²) in [7, 11) is 1.31. The molecule has 146 valence electrons. The smallest absolute Gasteiger partial charge is 0.357 e. The second-order valence-electron chi connectivity index (χ2n) is 6.02. The van der Waals surface area contributed by atoms with Crippen LogP contribution in [0.3, 0.4) is 0 Å². The molecular weight excluding hydrogens is 380 g/mol. The highest BCUT2D eigenvalue weighted by molar-refractivity contribution is 7.16. The predicted octanol–water partition coefficient (Wildman–Crippen LogP) is 2.29. The number of anilines is 1. The largest absolute Gasteiger partial charge is 0.464 e. The van der Waals surface area contributed by atoms with Crippen molar-refractivity contribution in [3.05, 3.63) is 52.8 Å². The van der Waals surface area contributed by atoms with Crippen LogP contribution >= 0.6 is 11.3 Å². The molecule has 2 aromatic heterocycles. The van der Waals surface area contributed by atoms with Gasteiger partial charge >= 0.3 is 5.97 Å². The summed E-state index contributed by atoms with van der Waals surface area (Å²) in [6.07, 6.45) is 3.34. The Labute approximate surface area is 165 Å². The van der Waals surface area contributed by atoms with E-state index in [1.807, 2.05) is 37.3 Å². The quantitative estimate of drug-likeness (QED) is 0.577. The molecule has 0 saturated heterocycles. The lowest BCUT2D eigenvalue weighted by atomic mass is 10.1. The molecule has 0 aliphatic carbocycles. The number of rotatable bonds is 8. The van der Waals surface area contributed by atoms with Crippen molar-refractivity contribution in [2.24, 2.45) is 0 Å². The van der Waals surface area contributed by atoms with Crippen LogP contribution in [0, 0.1) is 0 Å². The zero-order chi connectivity index (χ0) is 19.9. The zero-order valence-electron chi connectivity index (χ0n) is 15.5. The molecule has 0 fully saturated rings. The van der Waals surface area contributed by atoms with E-state index in [4.69, 9.17) is 4.74 Å². The highest BCUT2D eigenvalue weighted by atomic mass is 32.1. The van der Waals surface area contributed by atoms with Crippen molar-refractivity contribution in [3.8, 4) is 0 Å². The number of amides is 1. The van der Waals surface area contributed by atoms with Crippen molar-refractivity contribution < 1.29 is 14.3 Å². The number of nitrogens with one attached hydrogen (secondary N) is 1. The van der Waals surface area contributed by atoms with Crippen LogP contribution in [0.1, 0.15) is 40.3 Å². The second kappa shape index (κ2) is 9.18. The number of methoxy groups -OCH3 is 1. The van der Waals surface area contributed by atoms with Crippen molar-refractivity contribution in [3.63, 3.8) is 0 Å². The third-order valence-electron chi connectivity index (χ3n) is 4.04. The van der Waals surface area contributed by atoms with Gasteiger partial charge in [-0.3, -0.25) is 4.79 Å². The van der Waals surface area contributed by atoms with Crippen LogP contribution in [0.4, 0.5) is 5.13 Å². The number of carbonyl (C=O) groups excluding carboxylic acids is 2. The van der Waals surface area contributed by atoms with Crippen molar-refractivity contribution in [2.75, 3.05) is 12.4 Å². The summed E-state index contributed by atoms with van der Waals surface area (Å²) in [4.78, 5) is 30.0. The molecule has 0 aliphatic heterocycles. The van der Waals surface area contributed by atoms with E-state index in [0.29, 0.717) is 18.0 Å². The van der Waals surface area contributed by atoms with Gasteiger partial charge in [-0.1, -0.05) is 43.7 Å². The normalized spacial score (nSPS) is 11.8. The van der Waals surface area contributed by atoms with E-state index >= 15 is 0 Å². The van der Waals surface area contributed by atoms with Gasteiger partial charge in [-0.2, -0.15) is 0 Å². The van der Waals surface area contributed by atoms with E-state index in [1.165, 1.54) is 29.5 Å². The Hall–Kier alpha value is -3.14. The second-order valence-corrected chi connectivity index (χ2v) is 7.10. The summed E-state index contributed by atoms with van der Waals surface area (Å²) in [5, 5.41) is 14.3. The SMILES string of the molecule is CCCc1sc(NC(=O)[C@H](Cc2ccccc2)n2cnnn2)nc1C(=O)OC. The molecule has 0 bridgehead atoms.